The average Bonchev–Trinajstić information content (AvgIpc) is 3.75. The van der Waals surface area contributed by atoms with E-state index in [1.807, 2.05) is 11.3 Å². The lowest BCUT2D eigenvalue weighted by molar-refractivity contribution is 0.444. The molecule has 0 bridgehead atoms. The highest BCUT2D eigenvalue weighted by Crippen LogP contribution is 2.54. The van der Waals surface area contributed by atoms with E-state index >= 15 is 0 Å². The molecule has 1 fully saturated rings. The van der Waals surface area contributed by atoms with Gasteiger partial charge in [0.05, 0.1) is 0 Å². The number of thiophene rings is 1. The van der Waals surface area contributed by atoms with E-state index in [0.29, 0.717) is 5.92 Å². The van der Waals surface area contributed by atoms with Gasteiger partial charge in [0.25, 0.3) is 0 Å². The molecule has 9 aromatic rings. The molecule has 1 nitrogen and oxygen atoms in total. The van der Waals surface area contributed by atoms with Crippen LogP contribution in [0.25, 0.3) is 64.3 Å². The van der Waals surface area contributed by atoms with Gasteiger partial charge in [-0.1, -0.05) is 154 Å². The summed E-state index contributed by atoms with van der Waals surface area (Å²) < 4.78 is 2.65. The topological polar surface area (TPSA) is 3.24 Å². The number of rotatable bonds is 6. The Balaban J connectivity index is 1.07. The van der Waals surface area contributed by atoms with E-state index in [1.54, 1.807) is 5.56 Å². The first-order valence-corrected chi connectivity index (χ1v) is 21.5. The minimum Gasteiger partial charge on any atom is -0.310 e. The predicted molar refractivity (Wildman–Crippen MR) is 246 cm³/mol. The van der Waals surface area contributed by atoms with Crippen LogP contribution in [-0.4, -0.2) is 0 Å². The first-order chi connectivity index (χ1) is 28.0. The van der Waals surface area contributed by atoms with E-state index in [1.165, 1.54) is 119 Å². The van der Waals surface area contributed by atoms with E-state index in [2.05, 4.69) is 189 Å². The molecule has 276 valence electrons. The maximum atomic E-state index is 2.50. The lowest BCUT2D eigenvalue weighted by Crippen LogP contribution is -2.17. The van der Waals surface area contributed by atoms with Crippen LogP contribution in [0.1, 0.15) is 68.6 Å². The lowest BCUT2D eigenvalue weighted by atomic mass is 9.78. The zero-order chi connectivity index (χ0) is 38.1. The Hall–Kier alpha value is -5.96. The number of fused-ring (bicyclic) bond motifs is 7. The third-order valence-corrected chi connectivity index (χ3v) is 14.2. The van der Waals surface area contributed by atoms with Crippen molar-refractivity contribution in [1.82, 2.24) is 0 Å². The molecule has 2 heteroatoms. The third-order valence-electron chi connectivity index (χ3n) is 13.1. The Morgan fingerprint density at radius 1 is 0.474 bits per heavy atom. The van der Waals surface area contributed by atoms with Gasteiger partial charge in [0, 0.05) is 42.6 Å². The lowest BCUT2D eigenvalue weighted by Gasteiger charge is -2.28. The first-order valence-electron chi connectivity index (χ1n) is 20.7. The highest BCUT2D eigenvalue weighted by molar-refractivity contribution is 7.25. The number of benzene rings is 8. The Morgan fingerprint density at radius 2 is 1.16 bits per heavy atom. The smallest absolute Gasteiger partial charge is 0.0468 e. The summed E-state index contributed by atoms with van der Waals surface area (Å²) in [5.74, 6) is 0.655. The molecular formula is C55H45NS. The number of hydrogen-bond donors (Lipinski definition) is 0. The van der Waals surface area contributed by atoms with E-state index in [9.17, 15) is 0 Å². The van der Waals surface area contributed by atoms with Gasteiger partial charge in [0.1, 0.15) is 0 Å². The predicted octanol–water partition coefficient (Wildman–Crippen LogP) is 16.4. The van der Waals surface area contributed by atoms with Gasteiger partial charge in [-0.05, 0) is 128 Å². The van der Waals surface area contributed by atoms with E-state index in [0.717, 1.165) is 5.69 Å². The standard InChI is InChI=1S/C55H45NS/c1-55(2)49-22-13-21-44(36-14-5-3-6-15-36)54(49)47-32-29-42(35-50(47)55)56(41-30-33-52-48(34-41)46-20-11-12-23-51(46)57-52)40-27-24-38(25-28-40)45-31-26-37-16-9-10-19-43(37)53(45)39-17-7-4-8-18-39/h4,7-13,16-36H,3,5-6,14-15H2,1-2H3. The molecule has 1 heterocycles. The summed E-state index contributed by atoms with van der Waals surface area (Å²) in [5.41, 5.74) is 15.8. The van der Waals surface area contributed by atoms with Crippen LogP contribution in [0.5, 0.6) is 0 Å². The van der Waals surface area contributed by atoms with Gasteiger partial charge in [-0.2, -0.15) is 0 Å². The van der Waals surface area contributed by atoms with Crippen molar-refractivity contribution in [2.24, 2.45) is 0 Å². The van der Waals surface area contributed by atoms with Crippen molar-refractivity contribution in [3.63, 3.8) is 0 Å². The van der Waals surface area contributed by atoms with Crippen molar-refractivity contribution < 1.29 is 0 Å². The maximum Gasteiger partial charge on any atom is 0.0468 e. The summed E-state index contributed by atoms with van der Waals surface area (Å²) in [6.07, 6.45) is 6.67. The fraction of sp³-hybridized carbons (Fsp3) is 0.164. The molecule has 0 N–H and O–H groups in total. The third kappa shape index (κ3) is 5.64. The highest BCUT2D eigenvalue weighted by Gasteiger charge is 2.38. The van der Waals surface area contributed by atoms with Gasteiger partial charge in [0.15, 0.2) is 0 Å². The summed E-state index contributed by atoms with van der Waals surface area (Å²) in [5, 5.41) is 5.16. The van der Waals surface area contributed by atoms with Crippen LogP contribution in [0.15, 0.2) is 170 Å². The van der Waals surface area contributed by atoms with E-state index in [-0.39, 0.29) is 5.41 Å². The second-order valence-electron chi connectivity index (χ2n) is 16.7. The molecule has 0 aliphatic heterocycles. The van der Waals surface area contributed by atoms with Crippen LogP contribution < -0.4 is 4.90 Å². The van der Waals surface area contributed by atoms with Crippen molar-refractivity contribution in [2.75, 3.05) is 4.90 Å². The first kappa shape index (κ1) is 34.3. The Morgan fingerprint density at radius 3 is 2.00 bits per heavy atom. The minimum atomic E-state index is -0.0989. The summed E-state index contributed by atoms with van der Waals surface area (Å²) in [4.78, 5) is 2.48. The molecule has 2 aliphatic carbocycles. The fourth-order valence-electron chi connectivity index (χ4n) is 10.2. The molecule has 0 saturated heterocycles. The molecule has 0 amide bonds. The number of hydrogen-bond acceptors (Lipinski definition) is 2. The average molecular weight is 752 g/mol. The SMILES string of the molecule is CC1(C)c2cc(N(c3ccc(-c4ccc5ccccc5c4-c4ccccc4)cc3)c3ccc4sc5ccccc5c4c3)ccc2-c2c(C3CCCCC3)cccc21. The van der Waals surface area contributed by atoms with Crippen molar-refractivity contribution in [3.8, 4) is 33.4 Å². The van der Waals surface area contributed by atoms with E-state index in [4.69, 9.17) is 0 Å². The van der Waals surface area contributed by atoms with Crippen molar-refractivity contribution in [1.29, 1.82) is 0 Å². The Kier molecular flexibility index (Phi) is 8.19. The summed E-state index contributed by atoms with van der Waals surface area (Å²) in [7, 11) is 0. The Bertz CT molecular complexity index is 2960. The zero-order valence-electron chi connectivity index (χ0n) is 32.6. The van der Waals surface area contributed by atoms with Crippen molar-refractivity contribution in [3.05, 3.63) is 187 Å². The van der Waals surface area contributed by atoms with Crippen LogP contribution in [0.3, 0.4) is 0 Å². The molecule has 11 rings (SSSR count). The molecule has 1 aromatic heterocycles. The van der Waals surface area contributed by atoms with Gasteiger partial charge < -0.3 is 4.90 Å². The van der Waals surface area contributed by atoms with Gasteiger partial charge in [-0.15, -0.1) is 11.3 Å². The summed E-state index contributed by atoms with van der Waals surface area (Å²) >= 11 is 1.88. The molecule has 2 aliphatic rings. The molecule has 0 atom stereocenters. The van der Waals surface area contributed by atoms with Crippen molar-refractivity contribution >= 4 is 59.3 Å². The van der Waals surface area contributed by atoms with Crippen molar-refractivity contribution in [2.45, 2.75) is 57.3 Å². The van der Waals surface area contributed by atoms with Crippen LogP contribution in [0.2, 0.25) is 0 Å². The summed E-state index contributed by atoms with van der Waals surface area (Å²) in [6, 6.07) is 63.8. The second-order valence-corrected chi connectivity index (χ2v) is 17.8. The monoisotopic (exact) mass is 751 g/mol. The largest absolute Gasteiger partial charge is 0.310 e. The van der Waals surface area contributed by atoms with Crippen LogP contribution in [0, 0.1) is 0 Å². The number of nitrogens with zero attached hydrogens (tertiary/aromatic N) is 1. The van der Waals surface area contributed by atoms with Gasteiger partial charge in [-0.3, -0.25) is 0 Å². The van der Waals surface area contributed by atoms with Gasteiger partial charge in [-0.25, -0.2) is 0 Å². The normalized spacial score (nSPS) is 14.9. The highest BCUT2D eigenvalue weighted by atomic mass is 32.1. The summed E-state index contributed by atoms with van der Waals surface area (Å²) in [6.45, 7) is 4.87. The Labute approximate surface area is 339 Å². The molecule has 0 radical (unpaired) electrons. The minimum absolute atomic E-state index is 0.0989. The van der Waals surface area contributed by atoms with Crippen LogP contribution in [-0.2, 0) is 5.41 Å². The van der Waals surface area contributed by atoms with Crippen LogP contribution in [0.4, 0.5) is 17.1 Å². The molecule has 1 saturated carbocycles. The van der Waals surface area contributed by atoms with E-state index < -0.39 is 0 Å². The molecule has 0 unspecified atom stereocenters. The molecule has 8 aromatic carbocycles. The van der Waals surface area contributed by atoms with Gasteiger partial charge >= 0.3 is 0 Å². The zero-order valence-corrected chi connectivity index (χ0v) is 33.5. The van der Waals surface area contributed by atoms with Gasteiger partial charge in [0.2, 0.25) is 0 Å². The molecular weight excluding hydrogens is 707 g/mol. The molecule has 0 spiro atoms. The molecule has 57 heavy (non-hydrogen) atoms. The second kappa shape index (κ2) is 13.6. The maximum absolute atomic E-state index is 2.50. The number of anilines is 3. The fourth-order valence-corrected chi connectivity index (χ4v) is 11.3. The van der Waals surface area contributed by atoms with Crippen LogP contribution >= 0.6 is 11.3 Å². The quantitative estimate of drug-likeness (QED) is 0.164.